The molecule has 0 saturated carbocycles. The van der Waals surface area contributed by atoms with Gasteiger partial charge in [0.2, 0.25) is 0 Å². The predicted octanol–water partition coefficient (Wildman–Crippen LogP) is 3.90. The van der Waals surface area contributed by atoms with Crippen LogP contribution in [0.4, 0.5) is 11.4 Å². The molecule has 0 aliphatic rings. The van der Waals surface area contributed by atoms with E-state index in [-0.39, 0.29) is 5.91 Å². The fraction of sp³-hybridized carbons (Fsp3) is 0.133. The molecule has 4 heteroatoms. The molecule has 2 aromatic carbocycles. The normalized spacial score (nSPS) is 10.3. The third kappa shape index (κ3) is 3.15. The average Bonchev–Trinajstić information content (AvgIpc) is 2.33. The van der Waals surface area contributed by atoms with Crippen molar-refractivity contribution in [2.45, 2.75) is 13.8 Å². The van der Waals surface area contributed by atoms with Gasteiger partial charge in [-0.3, -0.25) is 4.79 Å². The van der Waals surface area contributed by atoms with Crippen molar-refractivity contribution in [3.63, 3.8) is 0 Å². The van der Waals surface area contributed by atoms with Gasteiger partial charge in [-0.25, -0.2) is 0 Å². The number of nitrogens with two attached hydrogens (primary N) is 1. The highest BCUT2D eigenvalue weighted by molar-refractivity contribution is 9.10. The summed E-state index contributed by atoms with van der Waals surface area (Å²) < 4.78 is 0.922. The minimum atomic E-state index is -0.151. The number of carbonyl (C=O) groups is 1. The summed E-state index contributed by atoms with van der Waals surface area (Å²) in [6.07, 6.45) is 0. The summed E-state index contributed by atoms with van der Waals surface area (Å²) in [5.41, 5.74) is 9.73. The number of amides is 1. The second kappa shape index (κ2) is 5.45. The zero-order chi connectivity index (χ0) is 14.0. The van der Waals surface area contributed by atoms with Crippen LogP contribution < -0.4 is 11.1 Å². The summed E-state index contributed by atoms with van der Waals surface area (Å²) in [6.45, 7) is 3.83. The van der Waals surface area contributed by atoms with E-state index >= 15 is 0 Å². The van der Waals surface area contributed by atoms with E-state index in [2.05, 4.69) is 21.2 Å². The third-order valence-electron chi connectivity index (χ3n) is 2.94. The number of aryl methyl sites for hydroxylation is 2. The number of halogens is 1. The Labute approximate surface area is 121 Å². The number of rotatable bonds is 2. The lowest BCUT2D eigenvalue weighted by Crippen LogP contribution is -2.14. The Morgan fingerprint density at radius 1 is 1.16 bits per heavy atom. The average molecular weight is 319 g/mol. The number of hydrogen-bond acceptors (Lipinski definition) is 2. The molecule has 0 aromatic heterocycles. The van der Waals surface area contributed by atoms with Crippen LogP contribution in [0.15, 0.2) is 40.9 Å². The number of nitrogen functional groups attached to an aromatic ring is 1. The topological polar surface area (TPSA) is 55.1 Å². The monoisotopic (exact) mass is 318 g/mol. The van der Waals surface area contributed by atoms with Gasteiger partial charge in [0.25, 0.3) is 5.91 Å². The van der Waals surface area contributed by atoms with Crippen LogP contribution in [0.5, 0.6) is 0 Å². The van der Waals surface area contributed by atoms with Crippen molar-refractivity contribution < 1.29 is 4.79 Å². The van der Waals surface area contributed by atoms with Gasteiger partial charge >= 0.3 is 0 Å². The fourth-order valence-corrected chi connectivity index (χ4v) is 2.28. The van der Waals surface area contributed by atoms with Gasteiger partial charge in [-0.1, -0.05) is 28.1 Å². The van der Waals surface area contributed by atoms with Gasteiger partial charge in [-0.15, -0.1) is 0 Å². The van der Waals surface area contributed by atoms with Crippen LogP contribution in [0.2, 0.25) is 0 Å². The molecule has 0 heterocycles. The number of carbonyl (C=O) groups excluding carboxylic acids is 1. The Morgan fingerprint density at radius 2 is 1.89 bits per heavy atom. The predicted molar refractivity (Wildman–Crippen MR) is 82.4 cm³/mol. The molecule has 2 rings (SSSR count). The highest BCUT2D eigenvalue weighted by atomic mass is 79.9. The summed E-state index contributed by atoms with van der Waals surface area (Å²) in [4.78, 5) is 12.2. The molecule has 3 N–H and O–H groups in total. The Balaban J connectivity index is 2.28. The molecule has 0 bridgehead atoms. The Kier molecular flexibility index (Phi) is 3.90. The molecule has 3 nitrogen and oxygen atoms in total. The molecular weight excluding hydrogens is 304 g/mol. The van der Waals surface area contributed by atoms with Crippen LogP contribution in [-0.4, -0.2) is 5.91 Å². The quantitative estimate of drug-likeness (QED) is 0.825. The van der Waals surface area contributed by atoms with Gasteiger partial charge < -0.3 is 11.1 Å². The van der Waals surface area contributed by atoms with Crippen LogP contribution >= 0.6 is 15.9 Å². The van der Waals surface area contributed by atoms with Gasteiger partial charge in [-0.2, -0.15) is 0 Å². The van der Waals surface area contributed by atoms with Crippen molar-refractivity contribution in [3.05, 3.63) is 57.6 Å². The molecule has 0 saturated heterocycles. The van der Waals surface area contributed by atoms with E-state index in [1.807, 2.05) is 44.2 Å². The van der Waals surface area contributed by atoms with Crippen LogP contribution in [0.25, 0.3) is 0 Å². The van der Waals surface area contributed by atoms with E-state index in [0.29, 0.717) is 11.3 Å². The van der Waals surface area contributed by atoms with Crippen molar-refractivity contribution in [3.8, 4) is 0 Å². The maximum Gasteiger partial charge on any atom is 0.256 e. The zero-order valence-electron chi connectivity index (χ0n) is 10.8. The van der Waals surface area contributed by atoms with E-state index in [4.69, 9.17) is 5.73 Å². The third-order valence-corrected chi connectivity index (χ3v) is 3.43. The Morgan fingerprint density at radius 3 is 2.58 bits per heavy atom. The van der Waals surface area contributed by atoms with Crippen molar-refractivity contribution in [1.82, 2.24) is 0 Å². The summed E-state index contributed by atoms with van der Waals surface area (Å²) in [7, 11) is 0. The molecule has 0 fully saturated rings. The molecule has 0 spiro atoms. The first kappa shape index (κ1) is 13.6. The van der Waals surface area contributed by atoms with Gasteiger partial charge in [0.15, 0.2) is 0 Å². The molecule has 2 aromatic rings. The van der Waals surface area contributed by atoms with E-state index in [0.717, 1.165) is 21.3 Å². The molecule has 0 atom stereocenters. The van der Waals surface area contributed by atoms with Crippen LogP contribution in [0.3, 0.4) is 0 Å². The maximum atomic E-state index is 12.2. The van der Waals surface area contributed by atoms with Crippen LogP contribution in [-0.2, 0) is 0 Å². The van der Waals surface area contributed by atoms with Gasteiger partial charge in [0.05, 0.1) is 0 Å². The molecule has 19 heavy (non-hydrogen) atoms. The van der Waals surface area contributed by atoms with E-state index in [9.17, 15) is 4.79 Å². The highest BCUT2D eigenvalue weighted by Crippen LogP contribution is 2.20. The van der Waals surface area contributed by atoms with Crippen LogP contribution in [0.1, 0.15) is 21.5 Å². The molecule has 98 valence electrons. The summed E-state index contributed by atoms with van der Waals surface area (Å²) in [5.74, 6) is -0.151. The molecule has 0 unspecified atom stereocenters. The second-order valence-electron chi connectivity index (χ2n) is 4.49. The highest BCUT2D eigenvalue weighted by Gasteiger charge is 2.11. The summed E-state index contributed by atoms with van der Waals surface area (Å²) in [5, 5.41) is 2.86. The summed E-state index contributed by atoms with van der Waals surface area (Å²) >= 11 is 3.37. The smallest absolute Gasteiger partial charge is 0.256 e. The SMILES string of the molecule is Cc1cc(C)c(C(=O)Nc2cccc(Br)c2)cc1N. The number of anilines is 2. The second-order valence-corrected chi connectivity index (χ2v) is 5.40. The van der Waals surface area contributed by atoms with E-state index < -0.39 is 0 Å². The lowest BCUT2D eigenvalue weighted by Gasteiger charge is -2.10. The van der Waals surface area contributed by atoms with Crippen molar-refractivity contribution in [2.75, 3.05) is 11.1 Å². The molecule has 1 amide bonds. The largest absolute Gasteiger partial charge is 0.398 e. The fourth-order valence-electron chi connectivity index (χ4n) is 1.88. The van der Waals surface area contributed by atoms with Gasteiger partial charge in [0.1, 0.15) is 0 Å². The van der Waals surface area contributed by atoms with E-state index in [1.54, 1.807) is 6.07 Å². The zero-order valence-corrected chi connectivity index (χ0v) is 12.4. The standard InChI is InChI=1S/C15H15BrN2O/c1-9-6-10(2)14(17)8-13(9)15(19)18-12-5-3-4-11(16)7-12/h3-8H,17H2,1-2H3,(H,18,19). The first-order chi connectivity index (χ1) is 8.97. The van der Waals surface area contributed by atoms with Crippen molar-refractivity contribution in [2.24, 2.45) is 0 Å². The first-order valence-corrected chi connectivity index (χ1v) is 6.70. The number of benzene rings is 2. The summed E-state index contributed by atoms with van der Waals surface area (Å²) in [6, 6.07) is 11.1. The first-order valence-electron chi connectivity index (χ1n) is 5.91. The number of nitrogens with one attached hydrogen (secondary N) is 1. The van der Waals surface area contributed by atoms with Gasteiger partial charge in [-0.05, 0) is 49.2 Å². The molecule has 0 aliphatic heterocycles. The molecular formula is C15H15BrN2O. The number of hydrogen-bond donors (Lipinski definition) is 2. The Hall–Kier alpha value is -1.81. The minimum absolute atomic E-state index is 0.151. The molecule has 0 aliphatic carbocycles. The lowest BCUT2D eigenvalue weighted by atomic mass is 10.0. The van der Waals surface area contributed by atoms with Crippen LogP contribution in [0, 0.1) is 13.8 Å². The molecule has 0 radical (unpaired) electrons. The van der Waals surface area contributed by atoms with Crippen molar-refractivity contribution >= 4 is 33.2 Å². The van der Waals surface area contributed by atoms with Gasteiger partial charge in [0, 0.05) is 21.4 Å². The Bertz CT molecular complexity index is 638. The maximum absolute atomic E-state index is 12.2. The van der Waals surface area contributed by atoms with E-state index in [1.165, 1.54) is 0 Å². The van der Waals surface area contributed by atoms with Crippen molar-refractivity contribution in [1.29, 1.82) is 0 Å². The minimum Gasteiger partial charge on any atom is -0.398 e. The lowest BCUT2D eigenvalue weighted by molar-refractivity contribution is 0.102.